The second-order valence-corrected chi connectivity index (χ2v) is 4.66. The van der Waals surface area contributed by atoms with Crippen LogP contribution in [0.4, 0.5) is 0 Å². The minimum Gasteiger partial charge on any atom is -0.457 e. The van der Waals surface area contributed by atoms with E-state index in [1.54, 1.807) is 13.0 Å². The van der Waals surface area contributed by atoms with Crippen LogP contribution in [-0.4, -0.2) is 5.11 Å². The molecule has 0 bridgehead atoms. The molecule has 18 heavy (non-hydrogen) atoms. The molecule has 0 heterocycles. The Kier molecular flexibility index (Phi) is 3.90. The summed E-state index contributed by atoms with van der Waals surface area (Å²) in [6.45, 7) is 3.66. The normalized spacial score (nSPS) is 12.2. The standard InChI is InChI=1S/C15H15ClO2/c1-10-9-12(16)7-8-14(10)18-15-6-4-3-5-13(15)11(2)17/h3-9,11,17H,1-2H3/t11-/m0/s1. The fraction of sp³-hybridized carbons (Fsp3) is 0.200. The lowest BCUT2D eigenvalue weighted by Crippen LogP contribution is -1.96. The Morgan fingerprint density at radius 1 is 1.11 bits per heavy atom. The van der Waals surface area contributed by atoms with Crippen molar-refractivity contribution in [1.29, 1.82) is 0 Å². The number of benzene rings is 2. The lowest BCUT2D eigenvalue weighted by atomic mass is 10.1. The first kappa shape index (κ1) is 12.9. The van der Waals surface area contributed by atoms with Gasteiger partial charge in [-0.15, -0.1) is 0 Å². The molecule has 0 spiro atoms. The summed E-state index contributed by atoms with van der Waals surface area (Å²) in [4.78, 5) is 0. The molecule has 0 aliphatic rings. The molecule has 0 unspecified atom stereocenters. The predicted molar refractivity (Wildman–Crippen MR) is 73.3 cm³/mol. The molecule has 0 fully saturated rings. The molecule has 0 aromatic heterocycles. The maximum atomic E-state index is 9.69. The van der Waals surface area contributed by atoms with Crippen LogP contribution in [0.2, 0.25) is 5.02 Å². The van der Waals surface area contributed by atoms with E-state index in [-0.39, 0.29) is 0 Å². The molecule has 2 aromatic rings. The Morgan fingerprint density at radius 2 is 1.83 bits per heavy atom. The Hall–Kier alpha value is -1.51. The van der Waals surface area contributed by atoms with Crippen LogP contribution < -0.4 is 4.74 Å². The lowest BCUT2D eigenvalue weighted by molar-refractivity contribution is 0.195. The molecule has 2 nitrogen and oxygen atoms in total. The van der Waals surface area contributed by atoms with Gasteiger partial charge in [0.2, 0.25) is 0 Å². The zero-order valence-electron chi connectivity index (χ0n) is 10.4. The van der Waals surface area contributed by atoms with E-state index in [0.717, 1.165) is 16.9 Å². The zero-order valence-corrected chi connectivity index (χ0v) is 11.1. The van der Waals surface area contributed by atoms with E-state index in [4.69, 9.17) is 16.3 Å². The molecule has 3 heteroatoms. The Balaban J connectivity index is 2.34. The quantitative estimate of drug-likeness (QED) is 0.883. The van der Waals surface area contributed by atoms with Crippen molar-refractivity contribution in [2.45, 2.75) is 20.0 Å². The number of ether oxygens (including phenoxy) is 1. The minimum atomic E-state index is -0.561. The third kappa shape index (κ3) is 2.84. The Morgan fingerprint density at radius 3 is 2.50 bits per heavy atom. The monoisotopic (exact) mass is 262 g/mol. The highest BCUT2D eigenvalue weighted by atomic mass is 35.5. The number of para-hydroxylation sites is 1. The average molecular weight is 263 g/mol. The van der Waals surface area contributed by atoms with Crippen LogP contribution in [-0.2, 0) is 0 Å². The summed E-state index contributed by atoms with van der Waals surface area (Å²) in [6, 6.07) is 12.9. The summed E-state index contributed by atoms with van der Waals surface area (Å²) in [5, 5.41) is 10.4. The van der Waals surface area contributed by atoms with Gasteiger partial charge in [-0.05, 0) is 43.7 Å². The van der Waals surface area contributed by atoms with E-state index >= 15 is 0 Å². The molecule has 0 saturated heterocycles. The number of hydrogen-bond donors (Lipinski definition) is 1. The molecule has 0 radical (unpaired) electrons. The number of hydrogen-bond acceptors (Lipinski definition) is 2. The predicted octanol–water partition coefficient (Wildman–Crippen LogP) is 4.49. The van der Waals surface area contributed by atoms with Crippen LogP contribution in [0.1, 0.15) is 24.2 Å². The smallest absolute Gasteiger partial charge is 0.133 e. The SMILES string of the molecule is Cc1cc(Cl)ccc1Oc1ccccc1[C@H](C)O. The molecule has 2 rings (SSSR count). The van der Waals surface area contributed by atoms with Crippen LogP contribution in [0.15, 0.2) is 42.5 Å². The molecule has 0 aliphatic carbocycles. The fourth-order valence-electron chi connectivity index (χ4n) is 1.76. The first-order valence-corrected chi connectivity index (χ1v) is 6.16. The summed E-state index contributed by atoms with van der Waals surface area (Å²) in [6.07, 6.45) is -0.561. The van der Waals surface area contributed by atoms with E-state index in [1.165, 1.54) is 0 Å². The van der Waals surface area contributed by atoms with Gasteiger partial charge in [-0.1, -0.05) is 29.8 Å². The number of rotatable bonds is 3. The van der Waals surface area contributed by atoms with Crippen LogP contribution in [0.3, 0.4) is 0 Å². The van der Waals surface area contributed by atoms with Crippen molar-refractivity contribution in [3.8, 4) is 11.5 Å². The van der Waals surface area contributed by atoms with Gasteiger partial charge in [-0.25, -0.2) is 0 Å². The summed E-state index contributed by atoms with van der Waals surface area (Å²) < 4.78 is 5.84. The topological polar surface area (TPSA) is 29.5 Å². The summed E-state index contributed by atoms with van der Waals surface area (Å²) in [7, 11) is 0. The van der Waals surface area contributed by atoms with Gasteiger partial charge < -0.3 is 9.84 Å². The number of halogens is 1. The number of aryl methyl sites for hydroxylation is 1. The van der Waals surface area contributed by atoms with Crippen molar-refractivity contribution in [2.24, 2.45) is 0 Å². The molecule has 0 aliphatic heterocycles. The Labute approximate surface area is 112 Å². The summed E-state index contributed by atoms with van der Waals surface area (Å²) in [5.74, 6) is 1.41. The van der Waals surface area contributed by atoms with E-state index in [9.17, 15) is 5.11 Å². The highest BCUT2D eigenvalue weighted by molar-refractivity contribution is 6.30. The highest BCUT2D eigenvalue weighted by Gasteiger charge is 2.10. The molecule has 0 amide bonds. The third-order valence-corrected chi connectivity index (χ3v) is 2.96. The van der Waals surface area contributed by atoms with Crippen LogP contribution in [0.5, 0.6) is 11.5 Å². The van der Waals surface area contributed by atoms with Crippen molar-refractivity contribution < 1.29 is 9.84 Å². The number of aliphatic hydroxyl groups excluding tert-OH is 1. The Bertz CT molecular complexity index is 550. The van der Waals surface area contributed by atoms with E-state index in [1.807, 2.05) is 43.3 Å². The van der Waals surface area contributed by atoms with Crippen molar-refractivity contribution in [3.63, 3.8) is 0 Å². The maximum absolute atomic E-state index is 9.69. The van der Waals surface area contributed by atoms with E-state index in [2.05, 4.69) is 0 Å². The average Bonchev–Trinajstić information content (AvgIpc) is 2.33. The molecule has 2 aromatic carbocycles. The zero-order chi connectivity index (χ0) is 13.1. The minimum absolute atomic E-state index is 0.561. The molecule has 94 valence electrons. The van der Waals surface area contributed by atoms with Gasteiger partial charge in [0.25, 0.3) is 0 Å². The van der Waals surface area contributed by atoms with E-state index < -0.39 is 6.10 Å². The molecular formula is C15H15ClO2. The first-order valence-electron chi connectivity index (χ1n) is 5.79. The molecule has 1 atom stereocenters. The van der Waals surface area contributed by atoms with Gasteiger partial charge in [0, 0.05) is 10.6 Å². The van der Waals surface area contributed by atoms with Gasteiger partial charge >= 0.3 is 0 Å². The van der Waals surface area contributed by atoms with Gasteiger partial charge in [-0.3, -0.25) is 0 Å². The first-order chi connectivity index (χ1) is 8.58. The second kappa shape index (κ2) is 5.42. The van der Waals surface area contributed by atoms with Crippen LogP contribution in [0.25, 0.3) is 0 Å². The maximum Gasteiger partial charge on any atom is 0.133 e. The number of aliphatic hydroxyl groups is 1. The van der Waals surface area contributed by atoms with Crippen molar-refractivity contribution in [1.82, 2.24) is 0 Å². The second-order valence-electron chi connectivity index (χ2n) is 4.23. The molecule has 0 saturated carbocycles. The third-order valence-electron chi connectivity index (χ3n) is 2.73. The summed E-state index contributed by atoms with van der Waals surface area (Å²) >= 11 is 5.91. The molecular weight excluding hydrogens is 248 g/mol. The van der Waals surface area contributed by atoms with Crippen LogP contribution >= 0.6 is 11.6 Å². The van der Waals surface area contributed by atoms with Crippen molar-refractivity contribution in [2.75, 3.05) is 0 Å². The van der Waals surface area contributed by atoms with Gasteiger partial charge in [-0.2, -0.15) is 0 Å². The van der Waals surface area contributed by atoms with E-state index in [0.29, 0.717) is 10.8 Å². The fourth-order valence-corrected chi connectivity index (χ4v) is 1.99. The van der Waals surface area contributed by atoms with Crippen molar-refractivity contribution in [3.05, 3.63) is 58.6 Å². The molecule has 1 N–H and O–H groups in total. The van der Waals surface area contributed by atoms with Gasteiger partial charge in [0.05, 0.1) is 6.10 Å². The van der Waals surface area contributed by atoms with Gasteiger partial charge in [0.15, 0.2) is 0 Å². The van der Waals surface area contributed by atoms with Gasteiger partial charge in [0.1, 0.15) is 11.5 Å². The van der Waals surface area contributed by atoms with Crippen molar-refractivity contribution >= 4 is 11.6 Å². The summed E-state index contributed by atoms with van der Waals surface area (Å²) in [5.41, 5.74) is 1.73. The largest absolute Gasteiger partial charge is 0.457 e. The van der Waals surface area contributed by atoms with Crippen LogP contribution in [0, 0.1) is 6.92 Å². The highest BCUT2D eigenvalue weighted by Crippen LogP contribution is 2.31. The lowest BCUT2D eigenvalue weighted by Gasteiger charge is -2.14.